The zero-order valence-corrected chi connectivity index (χ0v) is 19.6. The van der Waals surface area contributed by atoms with Gasteiger partial charge >= 0.3 is 0 Å². The van der Waals surface area contributed by atoms with Crippen LogP contribution in [0.1, 0.15) is 27.5 Å². The van der Waals surface area contributed by atoms with Gasteiger partial charge in [-0.25, -0.2) is 4.98 Å². The first-order valence-corrected chi connectivity index (χ1v) is 11.7. The Kier molecular flexibility index (Phi) is 8.03. The maximum absolute atomic E-state index is 12.3. The van der Waals surface area contributed by atoms with E-state index >= 15 is 0 Å². The minimum Gasteiger partial charge on any atom is -0.487 e. The molecule has 2 heterocycles. The Morgan fingerprint density at radius 3 is 2.53 bits per heavy atom. The van der Waals surface area contributed by atoms with Gasteiger partial charge in [0, 0.05) is 24.2 Å². The van der Waals surface area contributed by atoms with Gasteiger partial charge in [-0.3, -0.25) is 9.78 Å². The van der Waals surface area contributed by atoms with Gasteiger partial charge in [0.1, 0.15) is 24.7 Å². The first-order chi connectivity index (χ1) is 16.6. The number of hydrogen-bond acceptors (Lipinski definition) is 6. The zero-order valence-electron chi connectivity index (χ0n) is 18.8. The van der Waals surface area contributed by atoms with Gasteiger partial charge in [0.25, 0.3) is 0 Å². The predicted molar refractivity (Wildman–Crippen MR) is 134 cm³/mol. The van der Waals surface area contributed by atoms with Crippen LogP contribution < -0.4 is 14.8 Å². The number of hydrogen-bond donors (Lipinski definition) is 1. The fraction of sp³-hybridized carbons (Fsp3) is 0.148. The molecule has 0 aliphatic heterocycles. The molecule has 1 amide bonds. The third kappa shape index (κ3) is 7.28. The number of benzene rings is 2. The van der Waals surface area contributed by atoms with E-state index in [0.717, 1.165) is 39.0 Å². The van der Waals surface area contributed by atoms with Crippen LogP contribution in [0.3, 0.4) is 0 Å². The number of aromatic nitrogens is 2. The van der Waals surface area contributed by atoms with Crippen LogP contribution in [0.5, 0.6) is 11.5 Å². The summed E-state index contributed by atoms with van der Waals surface area (Å²) in [5, 5.41) is 5.91. The molecule has 4 aromatic rings. The van der Waals surface area contributed by atoms with E-state index in [4.69, 9.17) is 9.47 Å². The molecule has 0 aliphatic carbocycles. The molecule has 0 saturated heterocycles. The Labute approximate surface area is 202 Å². The first-order valence-electron chi connectivity index (χ1n) is 10.9. The van der Waals surface area contributed by atoms with Crippen molar-refractivity contribution >= 4 is 23.3 Å². The zero-order chi connectivity index (χ0) is 23.6. The fourth-order valence-corrected chi connectivity index (χ4v) is 3.74. The van der Waals surface area contributed by atoms with Crippen molar-refractivity contribution in [1.29, 1.82) is 0 Å². The summed E-state index contributed by atoms with van der Waals surface area (Å²) in [6.07, 6.45) is 5.02. The van der Waals surface area contributed by atoms with Gasteiger partial charge in [0.2, 0.25) is 5.91 Å². The monoisotopic (exact) mass is 471 g/mol. The molecule has 0 atom stereocenters. The molecule has 0 radical (unpaired) electrons. The average molecular weight is 472 g/mol. The molecule has 0 unspecified atom stereocenters. The number of carbonyl (C=O) groups excluding carboxylic acids is 1. The summed E-state index contributed by atoms with van der Waals surface area (Å²) < 4.78 is 11.6. The standard InChI is InChI=1S/C27H25N3O3S/c1-20-30-24(19-34-20)18-33-25-9-4-6-21(14-25)11-12-27(31)29-16-22-7-5-10-26(15-22)32-17-23-8-2-3-13-28-23/h2-15,19H,16-18H2,1H3,(H,29,31). The topological polar surface area (TPSA) is 73.3 Å². The minimum absolute atomic E-state index is 0.177. The van der Waals surface area contributed by atoms with Crippen molar-refractivity contribution in [1.82, 2.24) is 15.3 Å². The lowest BCUT2D eigenvalue weighted by atomic mass is 10.2. The van der Waals surface area contributed by atoms with E-state index in [1.807, 2.05) is 79.0 Å². The first kappa shape index (κ1) is 23.2. The van der Waals surface area contributed by atoms with Crippen LogP contribution in [0.25, 0.3) is 6.08 Å². The van der Waals surface area contributed by atoms with Crippen LogP contribution in [0.4, 0.5) is 0 Å². The van der Waals surface area contributed by atoms with Crippen LogP contribution in [0, 0.1) is 6.92 Å². The quantitative estimate of drug-likeness (QED) is 0.316. The summed E-state index contributed by atoms with van der Waals surface area (Å²) in [6, 6.07) is 21.0. The molecule has 0 bridgehead atoms. The van der Waals surface area contributed by atoms with Crippen molar-refractivity contribution in [2.45, 2.75) is 26.7 Å². The number of carbonyl (C=O) groups is 1. The molecule has 1 N–H and O–H groups in total. The van der Waals surface area contributed by atoms with E-state index in [9.17, 15) is 4.79 Å². The highest BCUT2D eigenvalue weighted by atomic mass is 32.1. The molecular formula is C27H25N3O3S. The molecule has 2 aromatic carbocycles. The third-order valence-corrected chi connectivity index (χ3v) is 5.64. The summed E-state index contributed by atoms with van der Waals surface area (Å²) in [6.45, 7) is 3.19. The van der Waals surface area contributed by atoms with Gasteiger partial charge in [-0.2, -0.15) is 0 Å². The van der Waals surface area contributed by atoms with E-state index in [1.165, 1.54) is 6.08 Å². The molecule has 0 saturated carbocycles. The highest BCUT2D eigenvalue weighted by molar-refractivity contribution is 7.09. The van der Waals surface area contributed by atoms with Crippen molar-refractivity contribution < 1.29 is 14.3 Å². The maximum Gasteiger partial charge on any atom is 0.244 e. The molecule has 0 aliphatic rings. The van der Waals surface area contributed by atoms with Crippen molar-refractivity contribution in [2.24, 2.45) is 0 Å². The predicted octanol–water partition coefficient (Wildman–Crippen LogP) is 5.33. The highest BCUT2D eigenvalue weighted by Gasteiger charge is 2.03. The molecule has 4 rings (SSSR count). The molecule has 0 fully saturated rings. The second kappa shape index (κ2) is 11.8. The summed E-state index contributed by atoms with van der Waals surface area (Å²) in [4.78, 5) is 21.0. The Hall–Kier alpha value is -3.97. The van der Waals surface area contributed by atoms with Crippen molar-refractivity contribution in [3.8, 4) is 11.5 Å². The molecule has 172 valence electrons. The smallest absolute Gasteiger partial charge is 0.244 e. The number of ether oxygens (including phenoxy) is 2. The second-order valence-electron chi connectivity index (χ2n) is 7.53. The van der Waals surface area contributed by atoms with Gasteiger partial charge in [-0.05, 0) is 60.5 Å². The Morgan fingerprint density at radius 2 is 1.76 bits per heavy atom. The van der Waals surface area contributed by atoms with E-state index in [-0.39, 0.29) is 5.91 Å². The lowest BCUT2D eigenvalue weighted by molar-refractivity contribution is -0.116. The van der Waals surface area contributed by atoms with Crippen LogP contribution in [-0.2, 0) is 24.6 Å². The third-order valence-electron chi connectivity index (χ3n) is 4.82. The van der Waals surface area contributed by atoms with Gasteiger partial charge in [-0.15, -0.1) is 11.3 Å². The van der Waals surface area contributed by atoms with Crippen LogP contribution >= 0.6 is 11.3 Å². The number of nitrogens with one attached hydrogen (secondary N) is 1. The van der Waals surface area contributed by atoms with Gasteiger partial charge in [-0.1, -0.05) is 30.3 Å². The number of pyridine rings is 1. The lowest BCUT2D eigenvalue weighted by Gasteiger charge is -2.08. The highest BCUT2D eigenvalue weighted by Crippen LogP contribution is 2.18. The average Bonchev–Trinajstić information content (AvgIpc) is 3.30. The van der Waals surface area contributed by atoms with E-state index < -0.39 is 0 Å². The van der Waals surface area contributed by atoms with E-state index in [2.05, 4.69) is 15.3 Å². The fourth-order valence-electron chi connectivity index (χ4n) is 3.15. The Bertz CT molecular complexity index is 1250. The number of nitrogens with zero attached hydrogens (tertiary/aromatic N) is 2. The lowest BCUT2D eigenvalue weighted by Crippen LogP contribution is -2.20. The minimum atomic E-state index is -0.177. The number of rotatable bonds is 10. The van der Waals surface area contributed by atoms with Crippen LogP contribution in [0.15, 0.2) is 84.4 Å². The van der Waals surface area contributed by atoms with Crippen LogP contribution in [0.2, 0.25) is 0 Å². The van der Waals surface area contributed by atoms with Crippen molar-refractivity contribution in [3.05, 3.63) is 112 Å². The van der Waals surface area contributed by atoms with Gasteiger partial charge in [0.15, 0.2) is 0 Å². The molecule has 34 heavy (non-hydrogen) atoms. The van der Waals surface area contributed by atoms with E-state index in [1.54, 1.807) is 23.6 Å². The SMILES string of the molecule is Cc1nc(COc2cccc(C=CC(=O)NCc3cccc(OCc4ccccn4)c3)c2)cs1. The summed E-state index contributed by atoms with van der Waals surface area (Å²) in [5.41, 5.74) is 3.60. The molecular weight excluding hydrogens is 446 g/mol. The number of aryl methyl sites for hydroxylation is 1. The Morgan fingerprint density at radius 1 is 0.971 bits per heavy atom. The maximum atomic E-state index is 12.3. The summed E-state index contributed by atoms with van der Waals surface area (Å²) in [7, 11) is 0. The summed E-state index contributed by atoms with van der Waals surface area (Å²) in [5.74, 6) is 1.29. The molecule has 0 spiro atoms. The number of thiazole rings is 1. The van der Waals surface area contributed by atoms with Crippen molar-refractivity contribution in [3.63, 3.8) is 0 Å². The van der Waals surface area contributed by atoms with E-state index in [0.29, 0.717) is 19.8 Å². The normalized spacial score (nSPS) is 10.9. The second-order valence-corrected chi connectivity index (χ2v) is 8.59. The van der Waals surface area contributed by atoms with Crippen LogP contribution in [-0.4, -0.2) is 15.9 Å². The molecule has 7 heteroatoms. The summed E-state index contributed by atoms with van der Waals surface area (Å²) >= 11 is 1.60. The Balaban J connectivity index is 1.25. The molecule has 6 nitrogen and oxygen atoms in total. The number of amides is 1. The largest absolute Gasteiger partial charge is 0.487 e. The van der Waals surface area contributed by atoms with Gasteiger partial charge in [0.05, 0.1) is 16.4 Å². The van der Waals surface area contributed by atoms with Crippen molar-refractivity contribution in [2.75, 3.05) is 0 Å². The van der Waals surface area contributed by atoms with Gasteiger partial charge < -0.3 is 14.8 Å². The molecule has 2 aromatic heterocycles.